The molecule has 1 unspecified atom stereocenters. The number of methoxy groups -OCH3 is 1. The number of nitrogens with zero attached hydrogens (tertiary/aromatic N) is 1. The van der Waals surface area contributed by atoms with E-state index in [1.165, 1.54) is 13.2 Å². The Kier molecular flexibility index (Phi) is 5.11. The van der Waals surface area contributed by atoms with Crippen LogP contribution < -0.4 is 4.74 Å². The molecule has 1 rings (SSSR count). The molecule has 20 heavy (non-hydrogen) atoms. The fraction of sp³-hybridized carbons (Fsp3) is 0.533. The zero-order valence-electron chi connectivity index (χ0n) is 12.6. The quantitative estimate of drug-likeness (QED) is 0.902. The first-order valence-corrected chi connectivity index (χ1v) is 6.48. The van der Waals surface area contributed by atoms with E-state index >= 15 is 0 Å². The lowest BCUT2D eigenvalue weighted by atomic mass is 9.98. The Balaban J connectivity index is 3.08. The van der Waals surface area contributed by atoms with E-state index in [0.717, 1.165) is 5.56 Å². The van der Waals surface area contributed by atoms with Gasteiger partial charge in [0.25, 0.3) is 0 Å². The molecular weight excluding hydrogens is 261 g/mol. The van der Waals surface area contributed by atoms with Crippen molar-refractivity contribution in [2.75, 3.05) is 13.7 Å². The average Bonchev–Trinajstić information content (AvgIpc) is 2.33. The molecule has 4 nitrogen and oxygen atoms in total. The van der Waals surface area contributed by atoms with Crippen LogP contribution in [0.3, 0.4) is 0 Å². The molecule has 1 atom stereocenters. The summed E-state index contributed by atoms with van der Waals surface area (Å²) in [6, 6.07) is 4.49. The van der Waals surface area contributed by atoms with E-state index in [2.05, 4.69) is 0 Å². The van der Waals surface area contributed by atoms with Crippen LogP contribution in [-0.2, 0) is 4.79 Å². The number of carboxylic acids is 1. The Labute approximate surface area is 119 Å². The SMILES string of the molecule is COc1ccc(C(C)N(CC(=O)O)C(C)(C)C)cc1F. The second kappa shape index (κ2) is 6.22. The minimum absolute atomic E-state index is 0.0989. The van der Waals surface area contributed by atoms with Crippen molar-refractivity contribution in [2.45, 2.75) is 39.3 Å². The maximum atomic E-state index is 13.8. The highest BCUT2D eigenvalue weighted by Gasteiger charge is 2.29. The number of carboxylic acid groups (broad SMARTS) is 1. The minimum Gasteiger partial charge on any atom is -0.494 e. The van der Waals surface area contributed by atoms with E-state index < -0.39 is 11.8 Å². The first-order valence-electron chi connectivity index (χ1n) is 6.48. The van der Waals surface area contributed by atoms with Gasteiger partial charge in [0.15, 0.2) is 11.6 Å². The van der Waals surface area contributed by atoms with Crippen molar-refractivity contribution in [1.82, 2.24) is 4.90 Å². The molecule has 0 radical (unpaired) electrons. The van der Waals surface area contributed by atoms with Crippen LogP contribution in [0.15, 0.2) is 18.2 Å². The summed E-state index contributed by atoms with van der Waals surface area (Å²) in [7, 11) is 1.41. The highest BCUT2D eigenvalue weighted by molar-refractivity contribution is 5.69. The van der Waals surface area contributed by atoms with Gasteiger partial charge >= 0.3 is 5.97 Å². The van der Waals surface area contributed by atoms with Gasteiger partial charge in [0.05, 0.1) is 13.7 Å². The molecule has 0 fully saturated rings. The normalized spacial score (nSPS) is 13.3. The molecule has 5 heteroatoms. The number of hydrogen-bond donors (Lipinski definition) is 1. The smallest absolute Gasteiger partial charge is 0.317 e. The molecule has 0 aliphatic rings. The predicted molar refractivity (Wildman–Crippen MR) is 75.5 cm³/mol. The summed E-state index contributed by atoms with van der Waals surface area (Å²) in [5.41, 5.74) is 0.383. The molecule has 1 aromatic rings. The van der Waals surface area contributed by atoms with Crippen LogP contribution in [0, 0.1) is 5.82 Å². The zero-order valence-corrected chi connectivity index (χ0v) is 12.6. The van der Waals surface area contributed by atoms with E-state index in [-0.39, 0.29) is 23.9 Å². The number of halogens is 1. The maximum absolute atomic E-state index is 13.8. The van der Waals surface area contributed by atoms with Gasteiger partial charge in [-0.25, -0.2) is 4.39 Å². The third-order valence-corrected chi connectivity index (χ3v) is 3.29. The summed E-state index contributed by atoms with van der Waals surface area (Å²) in [6.45, 7) is 7.58. The van der Waals surface area contributed by atoms with Gasteiger partial charge in [-0.15, -0.1) is 0 Å². The summed E-state index contributed by atoms with van der Waals surface area (Å²) in [5.74, 6) is -1.16. The van der Waals surface area contributed by atoms with Crippen LogP contribution in [0.2, 0.25) is 0 Å². The van der Waals surface area contributed by atoms with Gasteiger partial charge in [-0.05, 0) is 45.4 Å². The molecule has 0 aliphatic carbocycles. The number of aliphatic carboxylic acids is 1. The van der Waals surface area contributed by atoms with Crippen LogP contribution in [0.4, 0.5) is 4.39 Å². The van der Waals surface area contributed by atoms with Crippen molar-refractivity contribution >= 4 is 5.97 Å². The highest BCUT2D eigenvalue weighted by atomic mass is 19.1. The lowest BCUT2D eigenvalue weighted by Gasteiger charge is -2.39. The molecular formula is C15H22FNO3. The Morgan fingerprint density at radius 2 is 2.05 bits per heavy atom. The average molecular weight is 283 g/mol. The molecule has 1 aromatic carbocycles. The summed E-state index contributed by atoms with van der Waals surface area (Å²) in [6.07, 6.45) is 0. The van der Waals surface area contributed by atoms with Crippen LogP contribution in [0.25, 0.3) is 0 Å². The second-order valence-corrected chi connectivity index (χ2v) is 5.76. The molecule has 0 spiro atoms. The molecule has 112 valence electrons. The second-order valence-electron chi connectivity index (χ2n) is 5.76. The van der Waals surface area contributed by atoms with Crippen molar-refractivity contribution in [1.29, 1.82) is 0 Å². The Hall–Kier alpha value is -1.62. The molecule has 0 aromatic heterocycles. The Bertz CT molecular complexity index is 482. The highest BCUT2D eigenvalue weighted by Crippen LogP contribution is 2.30. The lowest BCUT2D eigenvalue weighted by Crippen LogP contribution is -2.45. The van der Waals surface area contributed by atoms with Gasteiger partial charge in [0.2, 0.25) is 0 Å². The summed E-state index contributed by atoms with van der Waals surface area (Å²) in [5, 5.41) is 9.04. The maximum Gasteiger partial charge on any atom is 0.317 e. The summed E-state index contributed by atoms with van der Waals surface area (Å²) in [4.78, 5) is 12.8. The Morgan fingerprint density at radius 1 is 1.45 bits per heavy atom. The topological polar surface area (TPSA) is 49.8 Å². The van der Waals surface area contributed by atoms with Gasteiger partial charge in [0, 0.05) is 11.6 Å². The largest absolute Gasteiger partial charge is 0.494 e. The van der Waals surface area contributed by atoms with Crippen LogP contribution in [0.5, 0.6) is 5.75 Å². The summed E-state index contributed by atoms with van der Waals surface area (Å²) >= 11 is 0. The molecule has 0 bridgehead atoms. The summed E-state index contributed by atoms with van der Waals surface area (Å²) < 4.78 is 18.7. The molecule has 0 heterocycles. The monoisotopic (exact) mass is 283 g/mol. The fourth-order valence-electron chi connectivity index (χ4n) is 2.22. The zero-order chi connectivity index (χ0) is 15.5. The van der Waals surface area contributed by atoms with E-state index in [9.17, 15) is 9.18 Å². The van der Waals surface area contributed by atoms with Crippen LogP contribution in [-0.4, -0.2) is 35.2 Å². The number of ether oxygens (including phenoxy) is 1. The van der Waals surface area contributed by atoms with Gasteiger partial charge in [0.1, 0.15) is 0 Å². The first kappa shape index (κ1) is 16.4. The van der Waals surface area contributed by atoms with Gasteiger partial charge in [-0.2, -0.15) is 0 Å². The third-order valence-electron chi connectivity index (χ3n) is 3.29. The van der Waals surface area contributed by atoms with E-state index in [1.807, 2.05) is 32.6 Å². The number of benzene rings is 1. The number of carbonyl (C=O) groups is 1. The molecule has 0 saturated heterocycles. The van der Waals surface area contributed by atoms with Crippen molar-refractivity contribution in [3.8, 4) is 5.75 Å². The van der Waals surface area contributed by atoms with Crippen molar-refractivity contribution in [3.05, 3.63) is 29.6 Å². The van der Waals surface area contributed by atoms with Crippen LogP contribution in [0.1, 0.15) is 39.3 Å². The molecule has 0 amide bonds. The van der Waals surface area contributed by atoms with Crippen molar-refractivity contribution < 1.29 is 19.0 Å². The van der Waals surface area contributed by atoms with E-state index in [0.29, 0.717) is 0 Å². The first-order chi connectivity index (χ1) is 9.16. The molecule has 0 saturated carbocycles. The number of rotatable bonds is 5. The van der Waals surface area contributed by atoms with E-state index in [1.54, 1.807) is 12.1 Å². The standard InChI is InChI=1S/C15H22FNO3/c1-10(17(9-14(18)19)15(2,3)4)11-6-7-13(20-5)12(16)8-11/h6-8,10H,9H2,1-5H3,(H,18,19). The van der Waals surface area contributed by atoms with Gasteiger partial charge in [-0.3, -0.25) is 9.69 Å². The van der Waals surface area contributed by atoms with Gasteiger partial charge in [-0.1, -0.05) is 6.07 Å². The van der Waals surface area contributed by atoms with Crippen molar-refractivity contribution in [3.63, 3.8) is 0 Å². The fourth-order valence-corrected chi connectivity index (χ4v) is 2.22. The number of hydrogen-bond acceptors (Lipinski definition) is 3. The van der Waals surface area contributed by atoms with Crippen molar-refractivity contribution in [2.24, 2.45) is 0 Å². The molecule has 0 aliphatic heterocycles. The lowest BCUT2D eigenvalue weighted by molar-refractivity contribution is -0.140. The van der Waals surface area contributed by atoms with Crippen LogP contribution >= 0.6 is 0 Å². The molecule has 1 N–H and O–H groups in total. The predicted octanol–water partition coefficient (Wildman–Crippen LogP) is 3.08. The van der Waals surface area contributed by atoms with E-state index in [4.69, 9.17) is 9.84 Å². The van der Waals surface area contributed by atoms with Gasteiger partial charge < -0.3 is 9.84 Å². The Morgan fingerprint density at radius 3 is 2.45 bits per heavy atom. The third kappa shape index (κ3) is 3.93. The minimum atomic E-state index is -0.902.